The van der Waals surface area contributed by atoms with Gasteiger partial charge in [-0.05, 0) is 48.9 Å². The second kappa shape index (κ2) is 5.50. The molecule has 2 rings (SSSR count). The molecule has 1 aliphatic rings. The van der Waals surface area contributed by atoms with Crippen LogP contribution in [0.2, 0.25) is 0 Å². The van der Waals surface area contributed by atoms with Crippen LogP contribution in [-0.4, -0.2) is 18.2 Å². The first kappa shape index (κ1) is 12.4. The Kier molecular flexibility index (Phi) is 4.00. The molecule has 0 aromatic heterocycles. The van der Waals surface area contributed by atoms with Gasteiger partial charge in [-0.25, -0.2) is 4.39 Å². The highest BCUT2D eigenvalue weighted by Gasteiger charge is 2.24. The third-order valence-electron chi connectivity index (χ3n) is 3.16. The van der Waals surface area contributed by atoms with Crippen LogP contribution >= 0.6 is 0 Å². The van der Waals surface area contributed by atoms with E-state index in [1.165, 1.54) is 18.9 Å². The van der Waals surface area contributed by atoms with E-state index in [2.05, 4.69) is 11.8 Å². The van der Waals surface area contributed by atoms with E-state index >= 15 is 0 Å². The average molecular weight is 237 g/mol. The molecule has 0 heterocycles. The van der Waals surface area contributed by atoms with Gasteiger partial charge < -0.3 is 10.0 Å². The largest absolute Gasteiger partial charge is 0.392 e. The molecule has 3 heteroatoms. The van der Waals surface area contributed by atoms with E-state index in [4.69, 9.17) is 5.11 Å². The molecule has 0 bridgehead atoms. The minimum Gasteiger partial charge on any atom is -0.392 e. The zero-order valence-corrected chi connectivity index (χ0v) is 10.3. The lowest BCUT2D eigenvalue weighted by Gasteiger charge is -2.25. The van der Waals surface area contributed by atoms with Crippen molar-refractivity contribution in [1.29, 1.82) is 0 Å². The Morgan fingerprint density at radius 2 is 2.12 bits per heavy atom. The zero-order valence-electron chi connectivity index (χ0n) is 10.3. The van der Waals surface area contributed by atoms with Crippen LogP contribution < -0.4 is 4.90 Å². The molecule has 0 unspecified atom stereocenters. The number of hydrogen-bond donors (Lipinski definition) is 1. The standard InChI is InChI=1S/C14H20FNO/c1-2-5-16(9-11-3-4-11)14-7-12(10-17)6-13(15)8-14/h6-8,11,17H,2-5,9-10H2,1H3. The normalized spacial score (nSPS) is 15.0. The van der Waals surface area contributed by atoms with Crippen LogP contribution in [0.25, 0.3) is 0 Å². The third kappa shape index (κ3) is 3.43. The molecule has 1 aromatic carbocycles. The molecule has 1 saturated carbocycles. The van der Waals surface area contributed by atoms with E-state index in [0.717, 1.165) is 31.1 Å². The van der Waals surface area contributed by atoms with Gasteiger partial charge in [0.1, 0.15) is 5.82 Å². The van der Waals surface area contributed by atoms with Crippen LogP contribution in [0.15, 0.2) is 18.2 Å². The Bertz CT molecular complexity index is 376. The summed E-state index contributed by atoms with van der Waals surface area (Å²) in [7, 11) is 0. The molecule has 1 fully saturated rings. The lowest BCUT2D eigenvalue weighted by Crippen LogP contribution is -2.26. The highest BCUT2D eigenvalue weighted by Crippen LogP contribution is 2.32. The van der Waals surface area contributed by atoms with E-state index in [0.29, 0.717) is 5.56 Å². The summed E-state index contributed by atoms with van der Waals surface area (Å²) < 4.78 is 13.4. The Morgan fingerprint density at radius 1 is 1.35 bits per heavy atom. The maximum absolute atomic E-state index is 13.4. The number of nitrogens with zero attached hydrogens (tertiary/aromatic N) is 1. The number of rotatable bonds is 6. The third-order valence-corrected chi connectivity index (χ3v) is 3.16. The lowest BCUT2D eigenvalue weighted by molar-refractivity contribution is 0.281. The van der Waals surface area contributed by atoms with Gasteiger partial charge in [0, 0.05) is 18.8 Å². The second-order valence-corrected chi connectivity index (χ2v) is 4.87. The van der Waals surface area contributed by atoms with E-state index in [1.807, 2.05) is 6.07 Å². The molecule has 0 amide bonds. The molecule has 1 N–H and O–H groups in total. The quantitative estimate of drug-likeness (QED) is 0.822. The first-order valence-corrected chi connectivity index (χ1v) is 6.38. The molecule has 0 saturated heterocycles. The Labute approximate surface area is 102 Å². The number of halogens is 1. The van der Waals surface area contributed by atoms with Crippen molar-refractivity contribution >= 4 is 5.69 Å². The molecular formula is C14H20FNO. The molecule has 0 spiro atoms. The number of hydrogen-bond acceptors (Lipinski definition) is 2. The van der Waals surface area contributed by atoms with Crippen molar-refractivity contribution in [2.45, 2.75) is 32.8 Å². The van der Waals surface area contributed by atoms with Gasteiger partial charge in [-0.1, -0.05) is 6.92 Å². The summed E-state index contributed by atoms with van der Waals surface area (Å²) in [6.07, 6.45) is 3.64. The predicted octanol–water partition coefficient (Wildman–Crippen LogP) is 2.94. The summed E-state index contributed by atoms with van der Waals surface area (Å²) in [5, 5.41) is 9.11. The number of anilines is 1. The Hall–Kier alpha value is -1.09. The van der Waals surface area contributed by atoms with Gasteiger partial charge in [0.05, 0.1) is 6.61 Å². The topological polar surface area (TPSA) is 23.5 Å². The lowest BCUT2D eigenvalue weighted by atomic mass is 10.1. The molecule has 0 aliphatic heterocycles. The molecular weight excluding hydrogens is 217 g/mol. The van der Waals surface area contributed by atoms with Crippen molar-refractivity contribution in [2.24, 2.45) is 5.92 Å². The monoisotopic (exact) mass is 237 g/mol. The molecule has 1 aromatic rings. The van der Waals surface area contributed by atoms with Gasteiger partial charge in [0.2, 0.25) is 0 Å². The zero-order chi connectivity index (χ0) is 12.3. The van der Waals surface area contributed by atoms with Crippen molar-refractivity contribution < 1.29 is 9.50 Å². The van der Waals surface area contributed by atoms with Crippen molar-refractivity contribution in [3.63, 3.8) is 0 Å². The van der Waals surface area contributed by atoms with Crippen LogP contribution in [0.1, 0.15) is 31.7 Å². The van der Waals surface area contributed by atoms with Crippen molar-refractivity contribution in [1.82, 2.24) is 0 Å². The smallest absolute Gasteiger partial charge is 0.125 e. The Balaban J connectivity index is 2.17. The average Bonchev–Trinajstić information content (AvgIpc) is 3.11. The fourth-order valence-electron chi connectivity index (χ4n) is 2.12. The fourth-order valence-corrected chi connectivity index (χ4v) is 2.12. The van der Waals surface area contributed by atoms with Crippen molar-refractivity contribution in [2.75, 3.05) is 18.0 Å². The van der Waals surface area contributed by atoms with Crippen LogP contribution in [-0.2, 0) is 6.61 Å². The van der Waals surface area contributed by atoms with Crippen LogP contribution in [0.5, 0.6) is 0 Å². The second-order valence-electron chi connectivity index (χ2n) is 4.87. The number of aliphatic hydroxyl groups is 1. The molecule has 1 aliphatic carbocycles. The summed E-state index contributed by atoms with van der Waals surface area (Å²) in [6.45, 7) is 3.99. The van der Waals surface area contributed by atoms with Gasteiger partial charge in [0.15, 0.2) is 0 Å². The SMILES string of the molecule is CCCN(CC1CC1)c1cc(F)cc(CO)c1. The molecule has 2 nitrogen and oxygen atoms in total. The summed E-state index contributed by atoms with van der Waals surface area (Å²) in [4.78, 5) is 2.24. The number of aliphatic hydroxyl groups excluding tert-OH is 1. The molecule has 94 valence electrons. The molecule has 0 atom stereocenters. The van der Waals surface area contributed by atoms with E-state index in [9.17, 15) is 4.39 Å². The van der Waals surface area contributed by atoms with E-state index in [1.54, 1.807) is 6.07 Å². The first-order chi connectivity index (χ1) is 8.22. The first-order valence-electron chi connectivity index (χ1n) is 6.38. The van der Waals surface area contributed by atoms with Crippen molar-refractivity contribution in [3.8, 4) is 0 Å². The number of benzene rings is 1. The summed E-state index contributed by atoms with van der Waals surface area (Å²) >= 11 is 0. The van der Waals surface area contributed by atoms with Crippen LogP contribution in [0.3, 0.4) is 0 Å². The fraction of sp³-hybridized carbons (Fsp3) is 0.571. The summed E-state index contributed by atoms with van der Waals surface area (Å²) in [6, 6.07) is 4.85. The highest BCUT2D eigenvalue weighted by molar-refractivity contribution is 5.49. The highest BCUT2D eigenvalue weighted by atomic mass is 19.1. The maximum Gasteiger partial charge on any atom is 0.125 e. The minimum atomic E-state index is -0.261. The molecule has 0 radical (unpaired) electrons. The Morgan fingerprint density at radius 3 is 2.71 bits per heavy atom. The van der Waals surface area contributed by atoms with Gasteiger partial charge in [-0.3, -0.25) is 0 Å². The van der Waals surface area contributed by atoms with Gasteiger partial charge >= 0.3 is 0 Å². The summed E-state index contributed by atoms with van der Waals surface area (Å²) in [5.41, 5.74) is 1.56. The maximum atomic E-state index is 13.4. The molecule has 17 heavy (non-hydrogen) atoms. The van der Waals surface area contributed by atoms with Gasteiger partial charge in [0.25, 0.3) is 0 Å². The van der Waals surface area contributed by atoms with Crippen LogP contribution in [0.4, 0.5) is 10.1 Å². The summed E-state index contributed by atoms with van der Waals surface area (Å²) in [5.74, 6) is 0.519. The van der Waals surface area contributed by atoms with Gasteiger partial charge in [-0.2, -0.15) is 0 Å². The van der Waals surface area contributed by atoms with Crippen LogP contribution in [0, 0.1) is 11.7 Å². The minimum absolute atomic E-state index is 0.103. The van der Waals surface area contributed by atoms with Gasteiger partial charge in [-0.15, -0.1) is 0 Å². The van der Waals surface area contributed by atoms with E-state index in [-0.39, 0.29) is 12.4 Å². The van der Waals surface area contributed by atoms with Crippen molar-refractivity contribution in [3.05, 3.63) is 29.6 Å². The predicted molar refractivity (Wildman–Crippen MR) is 67.6 cm³/mol. The van der Waals surface area contributed by atoms with E-state index < -0.39 is 0 Å².